The van der Waals surface area contributed by atoms with Crippen molar-refractivity contribution in [1.82, 2.24) is 15.1 Å². The fourth-order valence-corrected chi connectivity index (χ4v) is 3.85. The van der Waals surface area contributed by atoms with E-state index in [9.17, 15) is 4.79 Å². The van der Waals surface area contributed by atoms with Crippen LogP contribution in [0.25, 0.3) is 0 Å². The number of fused-ring (bicyclic) bond motifs is 1. The monoisotopic (exact) mass is 289 g/mol. The van der Waals surface area contributed by atoms with Gasteiger partial charge in [-0.15, -0.1) is 11.3 Å². The van der Waals surface area contributed by atoms with Crippen LogP contribution in [0.2, 0.25) is 0 Å². The molecule has 1 aliphatic carbocycles. The van der Waals surface area contributed by atoms with Gasteiger partial charge in [0, 0.05) is 28.7 Å². The van der Waals surface area contributed by atoms with Gasteiger partial charge in [-0.2, -0.15) is 5.10 Å². The highest BCUT2D eigenvalue weighted by molar-refractivity contribution is 7.10. The molecule has 0 aliphatic heterocycles. The molecule has 0 bridgehead atoms. The van der Waals surface area contributed by atoms with Crippen molar-refractivity contribution in [3.63, 3.8) is 0 Å². The van der Waals surface area contributed by atoms with Gasteiger partial charge in [0.05, 0.1) is 12.1 Å². The van der Waals surface area contributed by atoms with E-state index < -0.39 is 0 Å². The SMILES string of the molecule is C[C@@H](Cn1cccn1)NC(=O)c1csc2c1CCCC2. The van der Waals surface area contributed by atoms with Gasteiger partial charge in [-0.25, -0.2) is 0 Å². The van der Waals surface area contributed by atoms with Gasteiger partial charge in [0.2, 0.25) is 0 Å². The van der Waals surface area contributed by atoms with E-state index in [2.05, 4.69) is 10.4 Å². The van der Waals surface area contributed by atoms with Gasteiger partial charge < -0.3 is 5.32 Å². The lowest BCUT2D eigenvalue weighted by Crippen LogP contribution is -2.36. The second-order valence-electron chi connectivity index (χ2n) is 5.36. The van der Waals surface area contributed by atoms with Gasteiger partial charge in [0.1, 0.15) is 0 Å². The maximum Gasteiger partial charge on any atom is 0.252 e. The molecule has 2 aromatic rings. The Morgan fingerprint density at radius 3 is 3.15 bits per heavy atom. The van der Waals surface area contributed by atoms with Gasteiger partial charge in [-0.05, 0) is 44.2 Å². The van der Waals surface area contributed by atoms with E-state index in [4.69, 9.17) is 0 Å². The molecule has 106 valence electrons. The molecular formula is C15H19N3OS. The molecule has 0 radical (unpaired) electrons. The number of aromatic nitrogens is 2. The average molecular weight is 289 g/mol. The molecular weight excluding hydrogens is 270 g/mol. The van der Waals surface area contributed by atoms with E-state index in [1.807, 2.05) is 29.2 Å². The van der Waals surface area contributed by atoms with Crippen molar-refractivity contribution >= 4 is 17.2 Å². The molecule has 1 atom stereocenters. The topological polar surface area (TPSA) is 46.9 Å². The molecule has 1 aliphatic rings. The van der Waals surface area contributed by atoms with Crippen molar-refractivity contribution in [3.8, 4) is 0 Å². The summed E-state index contributed by atoms with van der Waals surface area (Å²) >= 11 is 1.73. The minimum atomic E-state index is 0.0593. The Kier molecular flexibility index (Phi) is 3.87. The van der Waals surface area contributed by atoms with Crippen LogP contribution < -0.4 is 5.32 Å². The summed E-state index contributed by atoms with van der Waals surface area (Å²) in [6.45, 7) is 2.71. The van der Waals surface area contributed by atoms with Crippen molar-refractivity contribution < 1.29 is 4.79 Å². The van der Waals surface area contributed by atoms with Crippen LogP contribution in [-0.2, 0) is 19.4 Å². The first-order valence-corrected chi connectivity index (χ1v) is 7.99. The predicted molar refractivity (Wildman–Crippen MR) is 80.1 cm³/mol. The van der Waals surface area contributed by atoms with E-state index in [0.717, 1.165) is 18.4 Å². The number of nitrogens with one attached hydrogen (secondary N) is 1. The van der Waals surface area contributed by atoms with Gasteiger partial charge in [-0.3, -0.25) is 9.48 Å². The molecule has 1 amide bonds. The van der Waals surface area contributed by atoms with Crippen LogP contribution in [0.4, 0.5) is 0 Å². The summed E-state index contributed by atoms with van der Waals surface area (Å²) in [6, 6.07) is 1.96. The summed E-state index contributed by atoms with van der Waals surface area (Å²) in [5, 5.41) is 9.26. The first kappa shape index (κ1) is 13.4. The van der Waals surface area contributed by atoms with Crippen LogP contribution in [0.5, 0.6) is 0 Å². The number of aryl methyl sites for hydroxylation is 1. The normalized spacial score (nSPS) is 15.7. The fourth-order valence-electron chi connectivity index (χ4n) is 2.72. The summed E-state index contributed by atoms with van der Waals surface area (Å²) < 4.78 is 1.84. The molecule has 0 spiro atoms. The predicted octanol–water partition coefficient (Wildman–Crippen LogP) is 2.64. The van der Waals surface area contributed by atoms with Crippen molar-refractivity contribution in [2.75, 3.05) is 0 Å². The second-order valence-corrected chi connectivity index (χ2v) is 6.33. The smallest absolute Gasteiger partial charge is 0.252 e. The number of carbonyl (C=O) groups excluding carboxylic acids is 1. The zero-order valence-corrected chi connectivity index (χ0v) is 12.4. The maximum absolute atomic E-state index is 12.4. The van der Waals surface area contributed by atoms with E-state index in [1.165, 1.54) is 23.3 Å². The molecule has 0 fully saturated rings. The summed E-state index contributed by atoms with van der Waals surface area (Å²) in [5.41, 5.74) is 2.17. The molecule has 2 heterocycles. The zero-order valence-electron chi connectivity index (χ0n) is 11.6. The highest BCUT2D eigenvalue weighted by Crippen LogP contribution is 2.30. The number of hydrogen-bond acceptors (Lipinski definition) is 3. The van der Waals surface area contributed by atoms with Crippen LogP contribution in [-0.4, -0.2) is 21.7 Å². The third-order valence-electron chi connectivity index (χ3n) is 3.70. The van der Waals surface area contributed by atoms with Crippen molar-refractivity contribution in [3.05, 3.63) is 39.8 Å². The summed E-state index contributed by atoms with van der Waals surface area (Å²) in [4.78, 5) is 13.8. The molecule has 0 saturated heterocycles. The van der Waals surface area contributed by atoms with E-state index in [0.29, 0.717) is 6.54 Å². The minimum absolute atomic E-state index is 0.0593. The summed E-state index contributed by atoms with van der Waals surface area (Å²) in [7, 11) is 0. The Morgan fingerprint density at radius 1 is 1.50 bits per heavy atom. The molecule has 3 rings (SSSR count). The van der Waals surface area contributed by atoms with Gasteiger partial charge in [0.15, 0.2) is 0 Å². The summed E-state index contributed by atoms with van der Waals surface area (Å²) in [5.74, 6) is 0.0593. The highest BCUT2D eigenvalue weighted by Gasteiger charge is 2.21. The Hall–Kier alpha value is -1.62. The lowest BCUT2D eigenvalue weighted by Gasteiger charge is -2.16. The molecule has 5 heteroatoms. The molecule has 2 aromatic heterocycles. The van der Waals surface area contributed by atoms with Crippen molar-refractivity contribution in [1.29, 1.82) is 0 Å². The summed E-state index contributed by atoms with van der Waals surface area (Å²) in [6.07, 6.45) is 8.31. The van der Waals surface area contributed by atoms with Crippen LogP contribution >= 0.6 is 11.3 Å². The maximum atomic E-state index is 12.4. The molecule has 0 unspecified atom stereocenters. The Labute approximate surface area is 122 Å². The van der Waals surface area contributed by atoms with Crippen LogP contribution in [0.15, 0.2) is 23.8 Å². The lowest BCUT2D eigenvalue weighted by atomic mass is 9.95. The first-order valence-electron chi connectivity index (χ1n) is 7.11. The molecule has 0 aromatic carbocycles. The average Bonchev–Trinajstić information content (AvgIpc) is 3.07. The number of thiophene rings is 1. The van der Waals surface area contributed by atoms with Crippen LogP contribution in [0, 0.1) is 0 Å². The number of amides is 1. The number of hydrogen-bond donors (Lipinski definition) is 1. The van der Waals surface area contributed by atoms with Crippen molar-refractivity contribution in [2.45, 2.75) is 45.2 Å². The third-order valence-corrected chi connectivity index (χ3v) is 4.79. The van der Waals surface area contributed by atoms with Crippen molar-refractivity contribution in [2.24, 2.45) is 0 Å². The Balaban J connectivity index is 1.65. The van der Waals surface area contributed by atoms with Gasteiger partial charge in [0.25, 0.3) is 5.91 Å². The van der Waals surface area contributed by atoms with Crippen LogP contribution in [0.1, 0.15) is 40.6 Å². The number of nitrogens with zero attached hydrogens (tertiary/aromatic N) is 2. The van der Waals surface area contributed by atoms with Gasteiger partial charge >= 0.3 is 0 Å². The Bertz CT molecular complexity index is 588. The number of rotatable bonds is 4. The lowest BCUT2D eigenvalue weighted by molar-refractivity contribution is 0.0935. The zero-order chi connectivity index (χ0) is 13.9. The third kappa shape index (κ3) is 2.77. The molecule has 4 nitrogen and oxygen atoms in total. The van der Waals surface area contributed by atoms with Crippen LogP contribution in [0.3, 0.4) is 0 Å². The van der Waals surface area contributed by atoms with E-state index >= 15 is 0 Å². The second kappa shape index (κ2) is 5.79. The number of carbonyl (C=O) groups is 1. The largest absolute Gasteiger partial charge is 0.348 e. The quantitative estimate of drug-likeness (QED) is 0.940. The standard InChI is InChI=1S/C15H19N3OS/c1-11(9-18-8-4-7-16-18)17-15(19)13-10-20-14-6-3-2-5-12(13)14/h4,7-8,10-11H,2-3,5-6,9H2,1H3,(H,17,19)/t11-/m0/s1. The highest BCUT2D eigenvalue weighted by atomic mass is 32.1. The fraction of sp³-hybridized carbons (Fsp3) is 0.467. The van der Waals surface area contributed by atoms with Gasteiger partial charge in [-0.1, -0.05) is 0 Å². The van der Waals surface area contributed by atoms with E-state index in [-0.39, 0.29) is 11.9 Å². The minimum Gasteiger partial charge on any atom is -0.348 e. The molecule has 0 saturated carbocycles. The Morgan fingerprint density at radius 2 is 2.35 bits per heavy atom. The first-order chi connectivity index (χ1) is 9.74. The molecule has 1 N–H and O–H groups in total. The van der Waals surface area contributed by atoms with E-state index in [1.54, 1.807) is 17.5 Å². The molecule has 20 heavy (non-hydrogen) atoms.